The zero-order chi connectivity index (χ0) is 11.8. The molecule has 90 valence electrons. The summed E-state index contributed by atoms with van der Waals surface area (Å²) in [7, 11) is 0. The smallest absolute Gasteiger partial charge is 0.222 e. The van der Waals surface area contributed by atoms with Crippen molar-refractivity contribution in [3.05, 3.63) is 0 Å². The SMILES string of the molecule is CC(C)OCC(CNC(=O)C(C)C)OI. The minimum Gasteiger partial charge on any atom is -0.376 e. The van der Waals surface area contributed by atoms with Crippen molar-refractivity contribution in [1.82, 2.24) is 5.32 Å². The molecule has 0 heterocycles. The molecule has 0 aliphatic carbocycles. The molecule has 1 N–H and O–H groups in total. The van der Waals surface area contributed by atoms with E-state index in [-0.39, 0.29) is 24.0 Å². The number of nitrogens with one attached hydrogen (secondary N) is 1. The summed E-state index contributed by atoms with van der Waals surface area (Å²) in [4.78, 5) is 11.3. The Morgan fingerprint density at radius 1 is 1.33 bits per heavy atom. The lowest BCUT2D eigenvalue weighted by molar-refractivity contribution is -0.124. The average Bonchev–Trinajstić information content (AvgIpc) is 2.17. The maximum absolute atomic E-state index is 11.3. The molecule has 0 bridgehead atoms. The maximum atomic E-state index is 11.3. The number of amides is 1. The Balaban J connectivity index is 3.75. The third kappa shape index (κ3) is 7.98. The lowest BCUT2D eigenvalue weighted by atomic mass is 10.2. The van der Waals surface area contributed by atoms with Gasteiger partial charge in [-0.2, -0.15) is 0 Å². The van der Waals surface area contributed by atoms with Crippen molar-refractivity contribution in [2.75, 3.05) is 13.2 Å². The Morgan fingerprint density at radius 3 is 2.33 bits per heavy atom. The summed E-state index contributed by atoms with van der Waals surface area (Å²) in [6, 6.07) is 0. The van der Waals surface area contributed by atoms with E-state index in [0.29, 0.717) is 13.2 Å². The van der Waals surface area contributed by atoms with Crippen LogP contribution < -0.4 is 5.32 Å². The molecule has 5 heteroatoms. The van der Waals surface area contributed by atoms with Crippen LogP contribution >= 0.6 is 23.0 Å². The van der Waals surface area contributed by atoms with Crippen LogP contribution in [0.4, 0.5) is 0 Å². The number of ether oxygens (including phenoxy) is 1. The maximum Gasteiger partial charge on any atom is 0.222 e. The van der Waals surface area contributed by atoms with Gasteiger partial charge in [-0.3, -0.25) is 4.79 Å². The largest absolute Gasteiger partial charge is 0.376 e. The van der Waals surface area contributed by atoms with Crippen molar-refractivity contribution in [3.63, 3.8) is 0 Å². The summed E-state index contributed by atoms with van der Waals surface area (Å²) in [6.45, 7) is 8.65. The molecule has 1 atom stereocenters. The van der Waals surface area contributed by atoms with E-state index in [1.54, 1.807) is 0 Å². The van der Waals surface area contributed by atoms with Crippen LogP contribution in [0.3, 0.4) is 0 Å². The number of carbonyl (C=O) groups is 1. The van der Waals surface area contributed by atoms with E-state index in [2.05, 4.69) is 5.32 Å². The fraction of sp³-hybridized carbons (Fsp3) is 0.900. The highest BCUT2D eigenvalue weighted by Crippen LogP contribution is 2.01. The topological polar surface area (TPSA) is 47.6 Å². The van der Waals surface area contributed by atoms with Crippen LogP contribution in [0.15, 0.2) is 0 Å². The summed E-state index contributed by atoms with van der Waals surface area (Å²) >= 11 is 1.83. The monoisotopic (exact) mass is 329 g/mol. The number of rotatable bonds is 7. The second-order valence-corrected chi connectivity index (χ2v) is 4.50. The predicted molar refractivity (Wildman–Crippen MR) is 67.8 cm³/mol. The molecular weight excluding hydrogens is 309 g/mol. The molecule has 1 unspecified atom stereocenters. The predicted octanol–water partition coefficient (Wildman–Crippen LogP) is 1.92. The van der Waals surface area contributed by atoms with Crippen LogP contribution in [-0.2, 0) is 12.6 Å². The van der Waals surface area contributed by atoms with Crippen LogP contribution in [0.25, 0.3) is 0 Å². The average molecular weight is 329 g/mol. The molecule has 0 radical (unpaired) electrons. The zero-order valence-electron chi connectivity index (χ0n) is 9.75. The van der Waals surface area contributed by atoms with E-state index in [1.807, 2.05) is 50.7 Å². The molecule has 0 aromatic rings. The van der Waals surface area contributed by atoms with Gasteiger partial charge in [0, 0.05) is 12.5 Å². The zero-order valence-corrected chi connectivity index (χ0v) is 11.9. The Labute approximate surface area is 106 Å². The van der Waals surface area contributed by atoms with Crippen molar-refractivity contribution < 1.29 is 12.6 Å². The molecule has 0 rings (SSSR count). The van der Waals surface area contributed by atoms with Gasteiger partial charge in [0.25, 0.3) is 0 Å². The van der Waals surface area contributed by atoms with E-state index in [0.717, 1.165) is 0 Å². The van der Waals surface area contributed by atoms with Gasteiger partial charge in [-0.15, -0.1) is 0 Å². The van der Waals surface area contributed by atoms with Crippen LogP contribution in [0.2, 0.25) is 0 Å². The van der Waals surface area contributed by atoms with Crippen LogP contribution in [-0.4, -0.2) is 31.3 Å². The van der Waals surface area contributed by atoms with Gasteiger partial charge in [-0.1, -0.05) is 13.8 Å². The second-order valence-electron chi connectivity index (χ2n) is 3.99. The minimum atomic E-state index is -0.0873. The highest BCUT2D eigenvalue weighted by molar-refractivity contribution is 14.1. The Morgan fingerprint density at radius 2 is 1.93 bits per heavy atom. The van der Waals surface area contributed by atoms with Crippen molar-refractivity contribution in [1.29, 1.82) is 0 Å². The van der Waals surface area contributed by atoms with E-state index in [1.165, 1.54) is 0 Å². The van der Waals surface area contributed by atoms with Gasteiger partial charge in [-0.25, -0.2) is 0 Å². The van der Waals surface area contributed by atoms with Gasteiger partial charge < -0.3 is 13.1 Å². The van der Waals surface area contributed by atoms with E-state index >= 15 is 0 Å². The van der Waals surface area contributed by atoms with Crippen LogP contribution in [0, 0.1) is 5.92 Å². The molecule has 0 saturated heterocycles. The summed E-state index contributed by atoms with van der Waals surface area (Å²) in [5.41, 5.74) is 0. The molecule has 4 nitrogen and oxygen atoms in total. The van der Waals surface area contributed by atoms with Crippen molar-refractivity contribution in [3.8, 4) is 0 Å². The number of hydrogen-bond acceptors (Lipinski definition) is 3. The standard InChI is InChI=1S/C10H20INO3/c1-7(2)10(13)12-5-9(15-11)6-14-8(3)4/h7-9H,5-6H2,1-4H3,(H,12,13). The molecule has 1 amide bonds. The van der Waals surface area contributed by atoms with Gasteiger partial charge >= 0.3 is 0 Å². The normalized spacial score (nSPS) is 13.3. The third-order valence-corrected chi connectivity index (χ3v) is 2.49. The lowest BCUT2D eigenvalue weighted by Crippen LogP contribution is -2.37. The quantitative estimate of drug-likeness (QED) is 0.726. The van der Waals surface area contributed by atoms with Gasteiger partial charge in [0.1, 0.15) is 29.1 Å². The summed E-state index contributed by atoms with van der Waals surface area (Å²) in [6.07, 6.45) is 0.0931. The number of carbonyl (C=O) groups excluding carboxylic acids is 1. The van der Waals surface area contributed by atoms with Gasteiger partial charge in [-0.05, 0) is 13.8 Å². The summed E-state index contributed by atoms with van der Waals surface area (Å²) < 4.78 is 10.6. The molecule has 0 saturated carbocycles. The van der Waals surface area contributed by atoms with Crippen molar-refractivity contribution in [2.45, 2.75) is 39.9 Å². The molecule has 0 spiro atoms. The third-order valence-electron chi connectivity index (χ3n) is 1.77. The van der Waals surface area contributed by atoms with E-state index < -0.39 is 0 Å². The first kappa shape index (κ1) is 15.1. The van der Waals surface area contributed by atoms with E-state index in [9.17, 15) is 4.79 Å². The molecule has 0 aromatic heterocycles. The van der Waals surface area contributed by atoms with Gasteiger partial charge in [0.05, 0.1) is 12.7 Å². The molecule has 0 aliphatic heterocycles. The lowest BCUT2D eigenvalue weighted by Gasteiger charge is -2.17. The summed E-state index contributed by atoms with van der Waals surface area (Å²) in [5.74, 6) is 0.0453. The number of halogens is 1. The molecule has 0 aromatic carbocycles. The van der Waals surface area contributed by atoms with Crippen molar-refractivity contribution >= 4 is 28.9 Å². The summed E-state index contributed by atoms with van der Waals surface area (Å²) in [5, 5.41) is 2.81. The fourth-order valence-corrected chi connectivity index (χ4v) is 1.16. The van der Waals surface area contributed by atoms with E-state index in [4.69, 9.17) is 7.80 Å². The molecular formula is C10H20INO3. The highest BCUT2D eigenvalue weighted by Gasteiger charge is 2.13. The number of hydrogen-bond donors (Lipinski definition) is 1. The molecule has 0 aliphatic rings. The van der Waals surface area contributed by atoms with Gasteiger partial charge in [0.15, 0.2) is 0 Å². The fourth-order valence-electron chi connectivity index (χ4n) is 0.834. The van der Waals surface area contributed by atoms with Gasteiger partial charge in [0.2, 0.25) is 5.91 Å². The highest BCUT2D eigenvalue weighted by atomic mass is 127. The van der Waals surface area contributed by atoms with Crippen LogP contribution in [0.5, 0.6) is 0 Å². The Kier molecular flexibility index (Phi) is 8.36. The first-order valence-corrected chi connectivity index (χ1v) is 6.02. The Bertz CT molecular complexity index is 186. The minimum absolute atomic E-state index is 0.00544. The molecule has 0 fully saturated rings. The molecule has 15 heavy (non-hydrogen) atoms. The first-order valence-electron chi connectivity index (χ1n) is 5.14. The van der Waals surface area contributed by atoms with Crippen molar-refractivity contribution in [2.24, 2.45) is 5.92 Å². The Hall–Kier alpha value is 0.120. The first-order chi connectivity index (χ1) is 6.97. The second kappa shape index (κ2) is 8.29. The van der Waals surface area contributed by atoms with Crippen LogP contribution in [0.1, 0.15) is 27.7 Å².